The number of nitrogens with two attached hydrogens (primary N) is 1. The fourth-order valence-corrected chi connectivity index (χ4v) is 1.54. The SMILES string of the molecule is Nc1cccc(Br)c1OCCOCCO. The zero-order valence-electron chi connectivity index (χ0n) is 8.28. The zero-order chi connectivity index (χ0) is 11.1. The van der Waals surface area contributed by atoms with E-state index in [1.54, 1.807) is 6.07 Å². The van der Waals surface area contributed by atoms with E-state index in [1.807, 2.05) is 12.1 Å². The maximum atomic E-state index is 8.48. The summed E-state index contributed by atoms with van der Waals surface area (Å²) in [6, 6.07) is 5.48. The molecule has 0 bridgehead atoms. The molecular weight excluding hydrogens is 262 g/mol. The van der Waals surface area contributed by atoms with Crippen LogP contribution in [0.1, 0.15) is 0 Å². The van der Waals surface area contributed by atoms with Crippen LogP contribution < -0.4 is 10.5 Å². The Balaban J connectivity index is 2.37. The van der Waals surface area contributed by atoms with E-state index in [0.717, 1.165) is 4.47 Å². The first-order valence-corrected chi connectivity index (χ1v) is 5.40. The third-order valence-corrected chi connectivity index (χ3v) is 2.33. The highest BCUT2D eigenvalue weighted by atomic mass is 79.9. The lowest BCUT2D eigenvalue weighted by Gasteiger charge is -2.10. The number of rotatable bonds is 6. The molecule has 0 aromatic heterocycles. The zero-order valence-corrected chi connectivity index (χ0v) is 9.87. The fraction of sp³-hybridized carbons (Fsp3) is 0.400. The third-order valence-electron chi connectivity index (χ3n) is 1.71. The van der Waals surface area contributed by atoms with Crippen molar-refractivity contribution in [1.29, 1.82) is 0 Å². The van der Waals surface area contributed by atoms with Gasteiger partial charge in [0.25, 0.3) is 0 Å². The molecule has 0 aliphatic rings. The van der Waals surface area contributed by atoms with Gasteiger partial charge in [0, 0.05) is 0 Å². The molecular formula is C10H14BrNO3. The largest absolute Gasteiger partial charge is 0.488 e. The first kappa shape index (κ1) is 12.3. The maximum Gasteiger partial charge on any atom is 0.156 e. The first-order valence-electron chi connectivity index (χ1n) is 4.61. The molecule has 3 N–H and O–H groups in total. The summed E-state index contributed by atoms with van der Waals surface area (Å²) in [6.07, 6.45) is 0. The van der Waals surface area contributed by atoms with Crippen LogP contribution in [0.25, 0.3) is 0 Å². The molecule has 0 saturated carbocycles. The Morgan fingerprint density at radius 1 is 1.27 bits per heavy atom. The summed E-state index contributed by atoms with van der Waals surface area (Å²) in [7, 11) is 0. The van der Waals surface area contributed by atoms with Gasteiger partial charge in [0.1, 0.15) is 6.61 Å². The molecule has 0 fully saturated rings. The second kappa shape index (κ2) is 6.66. The average molecular weight is 276 g/mol. The van der Waals surface area contributed by atoms with E-state index in [0.29, 0.717) is 31.3 Å². The Morgan fingerprint density at radius 2 is 2.07 bits per heavy atom. The molecule has 0 unspecified atom stereocenters. The molecule has 4 nitrogen and oxygen atoms in total. The van der Waals surface area contributed by atoms with Gasteiger partial charge in [0.2, 0.25) is 0 Å². The number of aliphatic hydroxyl groups is 1. The van der Waals surface area contributed by atoms with E-state index in [1.165, 1.54) is 0 Å². The summed E-state index contributed by atoms with van der Waals surface area (Å²) in [4.78, 5) is 0. The highest BCUT2D eigenvalue weighted by molar-refractivity contribution is 9.10. The molecule has 5 heteroatoms. The number of anilines is 1. The van der Waals surface area contributed by atoms with E-state index in [2.05, 4.69) is 15.9 Å². The van der Waals surface area contributed by atoms with Crippen molar-refractivity contribution < 1.29 is 14.6 Å². The predicted octanol–water partition coefficient (Wildman–Crippen LogP) is 1.42. The smallest absolute Gasteiger partial charge is 0.156 e. The lowest BCUT2D eigenvalue weighted by molar-refractivity contribution is 0.0705. The molecule has 0 aliphatic carbocycles. The minimum absolute atomic E-state index is 0.0250. The van der Waals surface area contributed by atoms with Gasteiger partial charge in [-0.3, -0.25) is 0 Å². The molecule has 1 aromatic carbocycles. The molecule has 15 heavy (non-hydrogen) atoms. The van der Waals surface area contributed by atoms with Crippen LogP contribution >= 0.6 is 15.9 Å². The highest BCUT2D eigenvalue weighted by Crippen LogP contribution is 2.30. The summed E-state index contributed by atoms with van der Waals surface area (Å²) in [6.45, 7) is 1.19. The summed E-state index contributed by atoms with van der Waals surface area (Å²) < 4.78 is 11.3. The molecule has 0 radical (unpaired) electrons. The fourth-order valence-electron chi connectivity index (χ4n) is 1.05. The van der Waals surface area contributed by atoms with Crippen LogP contribution in [0.5, 0.6) is 5.75 Å². The molecule has 0 heterocycles. The van der Waals surface area contributed by atoms with Crippen LogP contribution in [-0.4, -0.2) is 31.5 Å². The van der Waals surface area contributed by atoms with Crippen LogP contribution in [0.3, 0.4) is 0 Å². The summed E-state index contributed by atoms with van der Waals surface area (Å²) >= 11 is 3.34. The van der Waals surface area contributed by atoms with Gasteiger partial charge < -0.3 is 20.3 Å². The van der Waals surface area contributed by atoms with Crippen molar-refractivity contribution >= 4 is 21.6 Å². The Hall–Kier alpha value is -0.780. The Labute approximate surface area is 97.1 Å². The number of ether oxygens (including phenoxy) is 2. The number of aliphatic hydroxyl groups excluding tert-OH is 1. The van der Waals surface area contributed by atoms with Gasteiger partial charge in [-0.2, -0.15) is 0 Å². The summed E-state index contributed by atoms with van der Waals surface area (Å²) in [5.41, 5.74) is 6.32. The first-order chi connectivity index (χ1) is 7.25. The van der Waals surface area contributed by atoms with Crippen molar-refractivity contribution in [3.05, 3.63) is 22.7 Å². The van der Waals surface area contributed by atoms with Gasteiger partial charge >= 0.3 is 0 Å². The highest BCUT2D eigenvalue weighted by Gasteiger charge is 2.04. The van der Waals surface area contributed by atoms with Crippen LogP contribution in [0.2, 0.25) is 0 Å². The van der Waals surface area contributed by atoms with Crippen molar-refractivity contribution in [2.24, 2.45) is 0 Å². The minimum Gasteiger partial charge on any atom is -0.488 e. The lowest BCUT2D eigenvalue weighted by Crippen LogP contribution is -2.10. The molecule has 0 spiro atoms. The van der Waals surface area contributed by atoms with Gasteiger partial charge in [0.15, 0.2) is 5.75 Å². The minimum atomic E-state index is 0.0250. The van der Waals surface area contributed by atoms with Crippen LogP contribution in [0.15, 0.2) is 22.7 Å². The molecule has 0 amide bonds. The van der Waals surface area contributed by atoms with Gasteiger partial charge in [-0.15, -0.1) is 0 Å². The molecule has 1 aromatic rings. The van der Waals surface area contributed by atoms with Crippen molar-refractivity contribution in [2.45, 2.75) is 0 Å². The summed E-state index contributed by atoms with van der Waals surface area (Å²) in [5, 5.41) is 8.48. The number of hydrogen-bond acceptors (Lipinski definition) is 4. The number of hydrogen-bond donors (Lipinski definition) is 2. The monoisotopic (exact) mass is 275 g/mol. The quantitative estimate of drug-likeness (QED) is 0.609. The number of benzene rings is 1. The summed E-state index contributed by atoms with van der Waals surface area (Å²) in [5.74, 6) is 0.630. The molecule has 0 saturated heterocycles. The van der Waals surface area contributed by atoms with Gasteiger partial charge in [-0.1, -0.05) is 6.07 Å². The third kappa shape index (κ3) is 4.07. The van der Waals surface area contributed by atoms with Gasteiger partial charge in [-0.25, -0.2) is 0 Å². The molecule has 0 aliphatic heterocycles. The molecule has 0 atom stereocenters. The van der Waals surface area contributed by atoms with E-state index in [-0.39, 0.29) is 6.61 Å². The topological polar surface area (TPSA) is 64.7 Å². The average Bonchev–Trinajstić information content (AvgIpc) is 2.21. The second-order valence-corrected chi connectivity index (χ2v) is 3.70. The normalized spacial score (nSPS) is 10.3. The van der Waals surface area contributed by atoms with Crippen molar-refractivity contribution in [1.82, 2.24) is 0 Å². The van der Waals surface area contributed by atoms with Crippen LogP contribution in [0.4, 0.5) is 5.69 Å². The van der Waals surface area contributed by atoms with Gasteiger partial charge in [-0.05, 0) is 28.1 Å². The maximum absolute atomic E-state index is 8.48. The number of halogens is 1. The standard InChI is InChI=1S/C10H14BrNO3/c11-8-2-1-3-9(12)10(8)15-7-6-14-5-4-13/h1-3,13H,4-7,12H2. The second-order valence-electron chi connectivity index (χ2n) is 2.84. The van der Waals surface area contributed by atoms with E-state index >= 15 is 0 Å². The number of para-hydroxylation sites is 1. The van der Waals surface area contributed by atoms with E-state index < -0.39 is 0 Å². The van der Waals surface area contributed by atoms with Crippen molar-refractivity contribution in [2.75, 3.05) is 32.2 Å². The lowest BCUT2D eigenvalue weighted by atomic mass is 10.3. The van der Waals surface area contributed by atoms with Crippen LogP contribution in [0, 0.1) is 0 Å². The Bertz CT molecular complexity index is 286. The van der Waals surface area contributed by atoms with Crippen molar-refractivity contribution in [3.8, 4) is 5.75 Å². The van der Waals surface area contributed by atoms with Crippen LogP contribution in [-0.2, 0) is 4.74 Å². The van der Waals surface area contributed by atoms with Crippen molar-refractivity contribution in [3.63, 3.8) is 0 Å². The number of nitrogen functional groups attached to an aromatic ring is 1. The predicted molar refractivity (Wildman–Crippen MR) is 62.0 cm³/mol. The Kier molecular flexibility index (Phi) is 5.45. The molecule has 1 rings (SSSR count). The molecule has 84 valence electrons. The Morgan fingerprint density at radius 3 is 2.73 bits per heavy atom. The van der Waals surface area contributed by atoms with E-state index in [4.69, 9.17) is 20.3 Å². The van der Waals surface area contributed by atoms with E-state index in [9.17, 15) is 0 Å². The van der Waals surface area contributed by atoms with Gasteiger partial charge in [0.05, 0.1) is 30.0 Å².